The fourth-order valence-corrected chi connectivity index (χ4v) is 1.42. The Kier molecular flexibility index (Phi) is 5.28. The van der Waals surface area contributed by atoms with Crippen LogP contribution in [0.3, 0.4) is 0 Å². The number of amides is 1. The SMILES string of the molecule is CCNCCC(=O)Nc1ccncc1Br. The molecule has 0 fully saturated rings. The number of hydrogen-bond acceptors (Lipinski definition) is 3. The molecule has 0 bridgehead atoms. The second-order valence-corrected chi connectivity index (χ2v) is 3.86. The van der Waals surface area contributed by atoms with E-state index in [9.17, 15) is 4.79 Å². The number of carbonyl (C=O) groups excluding carboxylic acids is 1. The van der Waals surface area contributed by atoms with Gasteiger partial charge >= 0.3 is 0 Å². The summed E-state index contributed by atoms with van der Waals surface area (Å²) in [6.07, 6.45) is 3.77. The number of carbonyl (C=O) groups is 1. The first-order valence-electron chi connectivity index (χ1n) is 4.84. The molecule has 1 amide bonds. The molecule has 15 heavy (non-hydrogen) atoms. The van der Waals surface area contributed by atoms with Crippen molar-refractivity contribution in [2.24, 2.45) is 0 Å². The standard InChI is InChI=1S/C10H14BrN3O/c1-2-12-6-4-10(15)14-9-3-5-13-7-8(9)11/h3,5,7,12H,2,4,6H2,1H3,(H,13,14,15). The van der Waals surface area contributed by atoms with Gasteiger partial charge in [0.2, 0.25) is 5.91 Å². The molecule has 0 saturated carbocycles. The smallest absolute Gasteiger partial charge is 0.225 e. The summed E-state index contributed by atoms with van der Waals surface area (Å²) in [7, 11) is 0. The molecule has 2 N–H and O–H groups in total. The van der Waals surface area contributed by atoms with E-state index in [2.05, 4.69) is 31.5 Å². The molecule has 1 heterocycles. The monoisotopic (exact) mass is 271 g/mol. The molecule has 0 aliphatic heterocycles. The molecule has 0 saturated heterocycles. The van der Waals surface area contributed by atoms with E-state index in [0.717, 1.165) is 16.7 Å². The number of anilines is 1. The van der Waals surface area contributed by atoms with E-state index in [1.807, 2.05) is 6.92 Å². The maximum atomic E-state index is 11.4. The van der Waals surface area contributed by atoms with Gasteiger partial charge in [-0.25, -0.2) is 0 Å². The number of aromatic nitrogens is 1. The molecule has 0 unspecified atom stereocenters. The van der Waals surface area contributed by atoms with Crippen LogP contribution in [0.15, 0.2) is 22.9 Å². The largest absolute Gasteiger partial charge is 0.325 e. The van der Waals surface area contributed by atoms with E-state index in [-0.39, 0.29) is 5.91 Å². The Hall–Kier alpha value is -0.940. The summed E-state index contributed by atoms with van der Waals surface area (Å²) in [4.78, 5) is 15.4. The quantitative estimate of drug-likeness (QED) is 0.803. The molecule has 0 aliphatic rings. The summed E-state index contributed by atoms with van der Waals surface area (Å²) in [5.41, 5.74) is 0.756. The Bertz CT molecular complexity index is 330. The van der Waals surface area contributed by atoms with Crippen LogP contribution in [0.5, 0.6) is 0 Å². The van der Waals surface area contributed by atoms with Gasteiger partial charge in [0.1, 0.15) is 0 Å². The van der Waals surface area contributed by atoms with Crippen LogP contribution in [-0.2, 0) is 4.79 Å². The molecule has 1 aromatic rings. The molecular formula is C10H14BrN3O. The van der Waals surface area contributed by atoms with Gasteiger partial charge in [-0.3, -0.25) is 9.78 Å². The Balaban J connectivity index is 2.41. The highest BCUT2D eigenvalue weighted by Gasteiger charge is 2.04. The highest BCUT2D eigenvalue weighted by molar-refractivity contribution is 9.10. The van der Waals surface area contributed by atoms with Crippen LogP contribution in [0.2, 0.25) is 0 Å². The van der Waals surface area contributed by atoms with Crippen molar-refractivity contribution < 1.29 is 4.79 Å². The molecule has 82 valence electrons. The van der Waals surface area contributed by atoms with Gasteiger partial charge < -0.3 is 10.6 Å². The fourth-order valence-electron chi connectivity index (χ4n) is 1.07. The minimum Gasteiger partial charge on any atom is -0.325 e. The van der Waals surface area contributed by atoms with Gasteiger partial charge in [0.25, 0.3) is 0 Å². The third-order valence-electron chi connectivity index (χ3n) is 1.83. The van der Waals surface area contributed by atoms with Crippen molar-refractivity contribution in [3.63, 3.8) is 0 Å². The third kappa shape index (κ3) is 4.40. The van der Waals surface area contributed by atoms with Gasteiger partial charge in [-0.2, -0.15) is 0 Å². The fraction of sp³-hybridized carbons (Fsp3) is 0.400. The van der Waals surface area contributed by atoms with Crippen molar-refractivity contribution >= 4 is 27.5 Å². The van der Waals surface area contributed by atoms with Crippen LogP contribution < -0.4 is 10.6 Å². The molecule has 1 rings (SSSR count). The van der Waals surface area contributed by atoms with Gasteiger partial charge in [0, 0.05) is 25.4 Å². The summed E-state index contributed by atoms with van der Waals surface area (Å²) >= 11 is 3.31. The van der Waals surface area contributed by atoms with Gasteiger partial charge in [-0.15, -0.1) is 0 Å². The zero-order valence-electron chi connectivity index (χ0n) is 8.59. The first kappa shape index (κ1) is 12.1. The molecule has 5 heteroatoms. The number of rotatable bonds is 5. The number of hydrogen-bond donors (Lipinski definition) is 2. The zero-order valence-corrected chi connectivity index (χ0v) is 10.2. The molecule has 0 spiro atoms. The van der Waals surface area contributed by atoms with E-state index in [1.165, 1.54) is 0 Å². The van der Waals surface area contributed by atoms with Crippen LogP contribution in [0.4, 0.5) is 5.69 Å². The maximum absolute atomic E-state index is 11.4. The van der Waals surface area contributed by atoms with E-state index < -0.39 is 0 Å². The van der Waals surface area contributed by atoms with Gasteiger partial charge in [0.15, 0.2) is 0 Å². The lowest BCUT2D eigenvalue weighted by Crippen LogP contribution is -2.21. The van der Waals surface area contributed by atoms with Gasteiger partial charge in [0.05, 0.1) is 10.2 Å². The molecule has 1 aromatic heterocycles. The summed E-state index contributed by atoms with van der Waals surface area (Å²) in [6, 6.07) is 1.76. The van der Waals surface area contributed by atoms with E-state index in [0.29, 0.717) is 13.0 Å². The average Bonchev–Trinajstić information content (AvgIpc) is 2.22. The second-order valence-electron chi connectivity index (χ2n) is 3.01. The highest BCUT2D eigenvalue weighted by atomic mass is 79.9. The van der Waals surface area contributed by atoms with Crippen molar-refractivity contribution in [1.29, 1.82) is 0 Å². The molecule has 0 aromatic carbocycles. The summed E-state index contributed by atoms with van der Waals surface area (Å²) < 4.78 is 0.793. The lowest BCUT2D eigenvalue weighted by Gasteiger charge is -2.06. The minimum absolute atomic E-state index is 0.00264. The second kappa shape index (κ2) is 6.53. The molecule has 0 atom stereocenters. The molecule has 4 nitrogen and oxygen atoms in total. The van der Waals surface area contributed by atoms with Crippen LogP contribution in [0, 0.1) is 0 Å². The molecule has 0 aliphatic carbocycles. The summed E-state index contributed by atoms with van der Waals surface area (Å²) in [6.45, 7) is 3.59. The van der Waals surface area contributed by atoms with Crippen molar-refractivity contribution in [3.8, 4) is 0 Å². The number of nitrogens with one attached hydrogen (secondary N) is 2. The first-order chi connectivity index (χ1) is 7.24. The van der Waals surface area contributed by atoms with Gasteiger partial charge in [-0.1, -0.05) is 6.92 Å². The number of nitrogens with zero attached hydrogens (tertiary/aromatic N) is 1. The maximum Gasteiger partial charge on any atom is 0.225 e. The number of halogens is 1. The summed E-state index contributed by atoms with van der Waals surface area (Å²) in [5.74, 6) is 0.00264. The Morgan fingerprint density at radius 1 is 1.60 bits per heavy atom. The highest BCUT2D eigenvalue weighted by Crippen LogP contribution is 2.19. The number of pyridine rings is 1. The molecular weight excluding hydrogens is 258 g/mol. The summed E-state index contributed by atoms with van der Waals surface area (Å²) in [5, 5.41) is 5.90. The van der Waals surface area contributed by atoms with Crippen LogP contribution in [0.25, 0.3) is 0 Å². The lowest BCUT2D eigenvalue weighted by molar-refractivity contribution is -0.116. The Morgan fingerprint density at radius 2 is 2.40 bits per heavy atom. The lowest BCUT2D eigenvalue weighted by atomic mass is 10.3. The predicted octanol–water partition coefficient (Wildman–Crippen LogP) is 1.78. The average molecular weight is 272 g/mol. The first-order valence-corrected chi connectivity index (χ1v) is 5.63. The van der Waals surface area contributed by atoms with Crippen molar-refractivity contribution in [1.82, 2.24) is 10.3 Å². The van der Waals surface area contributed by atoms with Crippen molar-refractivity contribution in [2.45, 2.75) is 13.3 Å². The van der Waals surface area contributed by atoms with Crippen molar-refractivity contribution in [3.05, 3.63) is 22.9 Å². The predicted molar refractivity (Wildman–Crippen MR) is 63.7 cm³/mol. The van der Waals surface area contributed by atoms with E-state index >= 15 is 0 Å². The Morgan fingerprint density at radius 3 is 3.07 bits per heavy atom. The topological polar surface area (TPSA) is 54.0 Å². The van der Waals surface area contributed by atoms with Crippen LogP contribution in [-0.4, -0.2) is 24.0 Å². The third-order valence-corrected chi connectivity index (χ3v) is 2.46. The van der Waals surface area contributed by atoms with Crippen LogP contribution >= 0.6 is 15.9 Å². The van der Waals surface area contributed by atoms with E-state index in [4.69, 9.17) is 0 Å². The minimum atomic E-state index is 0.00264. The molecule has 0 radical (unpaired) electrons. The van der Waals surface area contributed by atoms with Crippen LogP contribution in [0.1, 0.15) is 13.3 Å². The van der Waals surface area contributed by atoms with E-state index in [1.54, 1.807) is 18.5 Å². The Labute approximate surface area is 97.6 Å². The van der Waals surface area contributed by atoms with Crippen molar-refractivity contribution in [2.75, 3.05) is 18.4 Å². The normalized spacial score (nSPS) is 10.0. The van der Waals surface area contributed by atoms with Gasteiger partial charge in [-0.05, 0) is 28.5 Å². The zero-order chi connectivity index (χ0) is 11.1.